The van der Waals surface area contributed by atoms with Gasteiger partial charge in [-0.2, -0.15) is 0 Å². The number of amides is 3. The number of ether oxygens (including phenoxy) is 3. The molecule has 0 aliphatic carbocycles. The van der Waals surface area contributed by atoms with Crippen molar-refractivity contribution in [3.05, 3.63) is 107 Å². The molecule has 0 bridgehead atoms. The zero-order valence-corrected chi connectivity index (χ0v) is 27.8. The molecular formula is C35H37N3O9S. The highest BCUT2D eigenvalue weighted by molar-refractivity contribution is 8.00. The fourth-order valence-electron chi connectivity index (χ4n) is 5.19. The number of nitrogens with one attached hydrogen (secondary N) is 2. The van der Waals surface area contributed by atoms with E-state index in [0.29, 0.717) is 17.1 Å². The smallest absolute Gasteiger partial charge is 0.408 e. The summed E-state index contributed by atoms with van der Waals surface area (Å²) in [7, 11) is 0. The predicted octanol–water partition coefficient (Wildman–Crippen LogP) is 4.40. The predicted molar refractivity (Wildman–Crippen MR) is 175 cm³/mol. The molecule has 2 N–H and O–H groups in total. The van der Waals surface area contributed by atoms with Crippen molar-refractivity contribution in [1.82, 2.24) is 15.5 Å². The molecule has 12 nitrogen and oxygen atoms in total. The number of furan rings is 1. The van der Waals surface area contributed by atoms with Gasteiger partial charge >= 0.3 is 18.0 Å². The number of hydrogen-bond acceptors (Lipinski definition) is 10. The van der Waals surface area contributed by atoms with Gasteiger partial charge in [0.1, 0.15) is 40.8 Å². The van der Waals surface area contributed by atoms with Crippen LogP contribution in [0.25, 0.3) is 0 Å². The summed E-state index contributed by atoms with van der Waals surface area (Å²) in [4.78, 5) is 65.3. The van der Waals surface area contributed by atoms with Gasteiger partial charge in [0, 0.05) is 18.2 Å². The van der Waals surface area contributed by atoms with Gasteiger partial charge in [-0.05, 0) is 44.0 Å². The van der Waals surface area contributed by atoms with Crippen molar-refractivity contribution in [3.63, 3.8) is 0 Å². The van der Waals surface area contributed by atoms with Gasteiger partial charge < -0.3 is 29.3 Å². The third-order valence-electron chi connectivity index (χ3n) is 7.29. The molecule has 0 unspecified atom stereocenters. The van der Waals surface area contributed by atoms with Crippen molar-refractivity contribution in [2.75, 3.05) is 12.4 Å². The summed E-state index contributed by atoms with van der Waals surface area (Å²) in [6.07, 6.45) is -1.51. The molecule has 1 saturated heterocycles. The van der Waals surface area contributed by atoms with E-state index in [9.17, 15) is 24.0 Å². The van der Waals surface area contributed by atoms with Crippen molar-refractivity contribution in [2.24, 2.45) is 0 Å². The number of alkyl carbamates (subject to hydrolysis) is 1. The van der Waals surface area contributed by atoms with E-state index in [-0.39, 0.29) is 31.0 Å². The third-order valence-corrected chi connectivity index (χ3v) is 8.63. The zero-order chi connectivity index (χ0) is 34.4. The van der Waals surface area contributed by atoms with Gasteiger partial charge in [-0.3, -0.25) is 19.3 Å². The zero-order valence-electron chi connectivity index (χ0n) is 27.0. The minimum atomic E-state index is -0.900. The summed E-state index contributed by atoms with van der Waals surface area (Å²) in [5.74, 6) is -1.19. The molecule has 3 heterocycles. The Labute approximate surface area is 282 Å². The van der Waals surface area contributed by atoms with E-state index in [1.165, 1.54) is 23.6 Å². The van der Waals surface area contributed by atoms with E-state index in [4.69, 9.17) is 18.6 Å². The Morgan fingerprint density at radius 2 is 1.58 bits per heavy atom. The fraction of sp³-hybridized carbons (Fsp3) is 0.343. The summed E-state index contributed by atoms with van der Waals surface area (Å²) in [6, 6.07) is 20.8. The van der Waals surface area contributed by atoms with Gasteiger partial charge in [0.25, 0.3) is 5.91 Å². The quantitative estimate of drug-likeness (QED) is 0.170. The average Bonchev–Trinajstić information content (AvgIpc) is 3.50. The highest BCUT2D eigenvalue weighted by atomic mass is 32.2. The summed E-state index contributed by atoms with van der Waals surface area (Å²) in [6.45, 7) is 6.41. The maximum absolute atomic E-state index is 13.9. The first-order chi connectivity index (χ1) is 22.9. The van der Waals surface area contributed by atoms with Crippen LogP contribution in [0.4, 0.5) is 4.79 Å². The molecule has 13 heteroatoms. The van der Waals surface area contributed by atoms with E-state index in [2.05, 4.69) is 10.6 Å². The number of hydrogen-bond donors (Lipinski definition) is 2. The fourth-order valence-corrected chi connectivity index (χ4v) is 6.51. The van der Waals surface area contributed by atoms with Crippen LogP contribution in [0.2, 0.25) is 0 Å². The lowest BCUT2D eigenvalue weighted by Crippen LogP contribution is -2.70. The molecule has 3 amide bonds. The standard InChI is InChI=1S/C35H37N3O9S/c1-21(39)44-19-24-20-48-32-28(37-27(40)17-25-15-16-26(45-25)18-36-34(43)47-35(2,3)4)31(41)38(32)29(24)33(42)46-30(22-11-7-5-8-12-22)23-13-9-6-10-14-23/h5-16,28,30,32H,17-20H2,1-4H3,(H,36,43)(H,37,40)/t28-,32+/m1/s1. The van der Waals surface area contributed by atoms with Crippen molar-refractivity contribution in [3.8, 4) is 0 Å². The van der Waals surface area contributed by atoms with Gasteiger partial charge in [-0.25, -0.2) is 9.59 Å². The molecule has 252 valence electrons. The van der Waals surface area contributed by atoms with E-state index in [0.717, 1.165) is 11.1 Å². The monoisotopic (exact) mass is 675 g/mol. The molecule has 2 aliphatic heterocycles. The number of esters is 2. The Bertz CT molecular complexity index is 1660. The van der Waals surface area contributed by atoms with Gasteiger partial charge in [-0.15, -0.1) is 11.8 Å². The Morgan fingerprint density at radius 3 is 2.19 bits per heavy atom. The van der Waals surface area contributed by atoms with Gasteiger partial charge in [0.2, 0.25) is 5.91 Å². The lowest BCUT2D eigenvalue weighted by molar-refractivity contribution is -0.155. The molecule has 1 aromatic heterocycles. The molecule has 2 aromatic carbocycles. The number of carbonyl (C=O) groups is 5. The Kier molecular flexibility index (Phi) is 10.6. The highest BCUT2D eigenvalue weighted by Gasteiger charge is 2.54. The molecule has 48 heavy (non-hydrogen) atoms. The summed E-state index contributed by atoms with van der Waals surface area (Å²) < 4.78 is 22.2. The number of β-lactam (4-membered cyclic amide) rings is 1. The van der Waals surface area contributed by atoms with Crippen LogP contribution in [0, 0.1) is 0 Å². The molecule has 3 aromatic rings. The van der Waals surface area contributed by atoms with Gasteiger partial charge in [0.05, 0.1) is 13.0 Å². The van der Waals surface area contributed by atoms with Crippen LogP contribution in [0.1, 0.15) is 56.4 Å². The van der Waals surface area contributed by atoms with E-state index in [1.807, 2.05) is 60.7 Å². The van der Waals surface area contributed by atoms with Crippen molar-refractivity contribution in [2.45, 2.75) is 63.8 Å². The van der Waals surface area contributed by atoms with Gasteiger partial charge in [0.15, 0.2) is 6.10 Å². The first-order valence-electron chi connectivity index (χ1n) is 15.3. The number of carbonyl (C=O) groups excluding carboxylic acids is 5. The SMILES string of the molecule is CC(=O)OCC1=C(C(=O)OC(c2ccccc2)c2ccccc2)N2C(=O)[C@@H](NC(=O)Cc3ccc(CNC(=O)OC(C)(C)C)o3)[C@@H]2SC1. The highest BCUT2D eigenvalue weighted by Crippen LogP contribution is 2.41. The van der Waals surface area contributed by atoms with Crippen molar-refractivity contribution in [1.29, 1.82) is 0 Å². The number of thioether (sulfide) groups is 1. The topological polar surface area (TPSA) is 153 Å². The summed E-state index contributed by atoms with van der Waals surface area (Å²) in [5.41, 5.74) is 1.26. The van der Waals surface area contributed by atoms with Gasteiger partial charge in [-0.1, -0.05) is 60.7 Å². The summed E-state index contributed by atoms with van der Waals surface area (Å²) >= 11 is 1.34. The Hall–Kier alpha value is -5.04. The van der Waals surface area contributed by atoms with Crippen LogP contribution in [-0.2, 0) is 46.4 Å². The van der Waals surface area contributed by atoms with Crippen LogP contribution in [0.3, 0.4) is 0 Å². The van der Waals surface area contributed by atoms with E-state index >= 15 is 0 Å². The normalized spacial score (nSPS) is 17.3. The molecule has 0 radical (unpaired) electrons. The maximum Gasteiger partial charge on any atom is 0.408 e. The van der Waals surface area contributed by atoms with E-state index < -0.39 is 53.0 Å². The molecule has 0 spiro atoms. The second-order valence-corrected chi connectivity index (χ2v) is 13.3. The number of nitrogens with zero attached hydrogens (tertiary/aromatic N) is 1. The first kappa shape index (κ1) is 34.3. The van der Waals surface area contributed by atoms with Crippen molar-refractivity contribution < 1.29 is 42.6 Å². The minimum absolute atomic E-state index is 0.000486. The maximum atomic E-state index is 13.9. The van der Waals surface area contributed by atoms with Crippen LogP contribution < -0.4 is 10.6 Å². The molecule has 2 aliphatic rings. The second-order valence-electron chi connectivity index (χ2n) is 12.2. The third kappa shape index (κ3) is 8.45. The molecule has 2 atom stereocenters. The van der Waals surface area contributed by atoms with Crippen LogP contribution in [0.15, 0.2) is 88.5 Å². The van der Waals surface area contributed by atoms with E-state index in [1.54, 1.807) is 32.9 Å². The Morgan fingerprint density at radius 1 is 0.958 bits per heavy atom. The van der Waals surface area contributed by atoms with Crippen LogP contribution in [-0.4, -0.2) is 64.1 Å². The molecule has 5 rings (SSSR count). The lowest BCUT2D eigenvalue weighted by Gasteiger charge is -2.49. The lowest BCUT2D eigenvalue weighted by atomic mass is 10.0. The second kappa shape index (κ2) is 14.8. The average molecular weight is 676 g/mol. The van der Waals surface area contributed by atoms with Crippen molar-refractivity contribution >= 4 is 41.6 Å². The number of rotatable bonds is 11. The number of fused-ring (bicyclic) bond motifs is 1. The van der Waals surface area contributed by atoms with Crippen LogP contribution >= 0.6 is 11.8 Å². The molecular weight excluding hydrogens is 638 g/mol. The summed E-state index contributed by atoms with van der Waals surface area (Å²) in [5, 5.41) is 4.77. The molecule has 0 saturated carbocycles. The first-order valence-corrected chi connectivity index (χ1v) is 16.4. The number of benzene rings is 2. The molecule has 1 fully saturated rings. The largest absolute Gasteiger partial charge is 0.464 e. The van der Waals surface area contributed by atoms with Crippen LogP contribution in [0.5, 0.6) is 0 Å². The Balaban J connectivity index is 1.27. The minimum Gasteiger partial charge on any atom is -0.464 e.